The normalized spacial score (nSPS) is 9.55. The van der Waals surface area contributed by atoms with Gasteiger partial charge >= 0.3 is 0 Å². The van der Waals surface area contributed by atoms with Crippen molar-refractivity contribution in [3.05, 3.63) is 42.5 Å². The predicted octanol–water partition coefficient (Wildman–Crippen LogP) is 3.14. The van der Waals surface area contributed by atoms with Crippen LogP contribution >= 0.6 is 11.8 Å². The van der Waals surface area contributed by atoms with Crippen molar-refractivity contribution < 1.29 is 0 Å². The maximum atomic E-state index is 3.69. The molecule has 0 amide bonds. The predicted molar refractivity (Wildman–Crippen MR) is 52.1 cm³/mol. The van der Waals surface area contributed by atoms with Crippen LogP contribution in [0.5, 0.6) is 0 Å². The molecule has 0 unspecified atom stereocenters. The van der Waals surface area contributed by atoms with E-state index < -0.39 is 0 Å². The Bertz CT molecular complexity index is 223. The summed E-state index contributed by atoms with van der Waals surface area (Å²) in [5, 5.41) is 0. The Kier molecular flexibility index (Phi) is 3.24. The quantitative estimate of drug-likeness (QED) is 0.488. The second kappa shape index (κ2) is 4.24. The largest absolute Gasteiger partial charge is 0.130 e. The summed E-state index contributed by atoms with van der Waals surface area (Å²) in [6.45, 7) is 3.69. The van der Waals surface area contributed by atoms with Gasteiger partial charge in [0.05, 0.1) is 0 Å². The summed E-state index contributed by atoms with van der Waals surface area (Å²) in [5.41, 5.74) is 1.33. The molecule has 0 aliphatic carbocycles. The summed E-state index contributed by atoms with van der Waals surface area (Å²) in [4.78, 5) is 1.32. The monoisotopic (exact) mass is 164 g/mol. The highest BCUT2D eigenvalue weighted by Crippen LogP contribution is 2.14. The van der Waals surface area contributed by atoms with Crippen molar-refractivity contribution in [1.29, 1.82) is 0 Å². The Labute approximate surface area is 72.3 Å². The molecule has 1 aromatic carbocycles. The number of allylic oxidation sites excluding steroid dienone is 1. The number of hydrogen-bond donors (Lipinski definition) is 0. The molecule has 0 saturated heterocycles. The van der Waals surface area contributed by atoms with Crippen LogP contribution in [0.3, 0.4) is 0 Å². The lowest BCUT2D eigenvalue weighted by atomic mass is 10.2. The fourth-order valence-electron chi connectivity index (χ4n) is 0.928. The molecule has 0 nitrogen and oxygen atoms in total. The molecule has 0 atom stereocenters. The average molecular weight is 164 g/mol. The van der Waals surface area contributed by atoms with E-state index in [9.17, 15) is 0 Å². The molecule has 0 fully saturated rings. The first-order valence-electron chi connectivity index (χ1n) is 3.60. The van der Waals surface area contributed by atoms with E-state index in [4.69, 9.17) is 0 Å². The molecule has 11 heavy (non-hydrogen) atoms. The molecule has 0 aromatic heterocycles. The zero-order chi connectivity index (χ0) is 8.10. The molecular formula is C10H12S. The second-order valence-corrected chi connectivity index (χ2v) is 3.22. The number of thioether (sulfide) groups is 1. The van der Waals surface area contributed by atoms with E-state index in [1.807, 2.05) is 6.08 Å². The lowest BCUT2D eigenvalue weighted by Gasteiger charge is -1.97. The van der Waals surface area contributed by atoms with Gasteiger partial charge in [0.25, 0.3) is 0 Å². The van der Waals surface area contributed by atoms with Gasteiger partial charge in [-0.05, 0) is 30.4 Å². The van der Waals surface area contributed by atoms with E-state index in [-0.39, 0.29) is 0 Å². The highest BCUT2D eigenvalue weighted by Gasteiger charge is 1.89. The standard InChI is InChI=1S/C10H12S/c1-3-4-9-5-7-10(11-2)8-6-9/h3,5-8H,1,4H2,2H3. The maximum absolute atomic E-state index is 3.69. The Morgan fingerprint density at radius 3 is 2.45 bits per heavy atom. The molecule has 0 N–H and O–H groups in total. The van der Waals surface area contributed by atoms with E-state index in [1.54, 1.807) is 11.8 Å². The van der Waals surface area contributed by atoms with Gasteiger partial charge in [0.1, 0.15) is 0 Å². The fraction of sp³-hybridized carbons (Fsp3) is 0.200. The third kappa shape index (κ3) is 2.43. The third-order valence-electron chi connectivity index (χ3n) is 1.54. The van der Waals surface area contributed by atoms with Crippen LogP contribution in [-0.4, -0.2) is 6.26 Å². The molecule has 0 aliphatic rings. The van der Waals surface area contributed by atoms with Crippen LogP contribution < -0.4 is 0 Å². The van der Waals surface area contributed by atoms with E-state index in [0.717, 1.165) is 6.42 Å². The minimum absolute atomic E-state index is 0.967. The molecule has 1 aromatic rings. The van der Waals surface area contributed by atoms with Crippen molar-refractivity contribution >= 4 is 11.8 Å². The third-order valence-corrected chi connectivity index (χ3v) is 2.28. The smallest absolute Gasteiger partial charge is 0.00693 e. The van der Waals surface area contributed by atoms with E-state index in [1.165, 1.54) is 10.5 Å². The molecule has 0 aliphatic heterocycles. The molecule has 0 saturated carbocycles. The summed E-state index contributed by atoms with van der Waals surface area (Å²) in [7, 11) is 0. The Morgan fingerprint density at radius 2 is 2.00 bits per heavy atom. The summed E-state index contributed by atoms with van der Waals surface area (Å²) in [6, 6.07) is 8.58. The van der Waals surface area contributed by atoms with Gasteiger partial charge in [-0.2, -0.15) is 0 Å². The Balaban J connectivity index is 2.74. The van der Waals surface area contributed by atoms with Crippen LogP contribution in [0.4, 0.5) is 0 Å². The van der Waals surface area contributed by atoms with Crippen molar-refractivity contribution in [2.24, 2.45) is 0 Å². The molecule has 58 valence electrons. The molecule has 0 heterocycles. The van der Waals surface area contributed by atoms with Crippen LogP contribution in [-0.2, 0) is 6.42 Å². The minimum Gasteiger partial charge on any atom is -0.130 e. The summed E-state index contributed by atoms with van der Waals surface area (Å²) in [5.74, 6) is 0. The first-order valence-corrected chi connectivity index (χ1v) is 4.83. The zero-order valence-corrected chi connectivity index (χ0v) is 7.53. The maximum Gasteiger partial charge on any atom is 0.00693 e. The summed E-state index contributed by atoms with van der Waals surface area (Å²) < 4.78 is 0. The van der Waals surface area contributed by atoms with Crippen molar-refractivity contribution in [3.8, 4) is 0 Å². The molecular weight excluding hydrogens is 152 g/mol. The lowest BCUT2D eigenvalue weighted by Crippen LogP contribution is -1.78. The average Bonchev–Trinajstić information content (AvgIpc) is 2.07. The van der Waals surface area contributed by atoms with Crippen LogP contribution in [0.1, 0.15) is 5.56 Å². The minimum atomic E-state index is 0.967. The van der Waals surface area contributed by atoms with Crippen molar-refractivity contribution in [1.82, 2.24) is 0 Å². The Hall–Kier alpha value is -0.690. The molecule has 0 bridgehead atoms. The SMILES string of the molecule is C=CCc1ccc(SC)cc1. The van der Waals surface area contributed by atoms with Gasteiger partial charge in [0.2, 0.25) is 0 Å². The van der Waals surface area contributed by atoms with E-state index in [0.29, 0.717) is 0 Å². The van der Waals surface area contributed by atoms with Gasteiger partial charge in [-0.15, -0.1) is 18.3 Å². The highest BCUT2D eigenvalue weighted by molar-refractivity contribution is 7.98. The molecule has 1 heteroatoms. The highest BCUT2D eigenvalue weighted by atomic mass is 32.2. The number of rotatable bonds is 3. The first kappa shape index (κ1) is 8.41. The van der Waals surface area contributed by atoms with Crippen LogP contribution in [0, 0.1) is 0 Å². The van der Waals surface area contributed by atoms with Crippen LogP contribution in [0.25, 0.3) is 0 Å². The van der Waals surface area contributed by atoms with Gasteiger partial charge in [0.15, 0.2) is 0 Å². The van der Waals surface area contributed by atoms with Crippen molar-refractivity contribution in [2.45, 2.75) is 11.3 Å². The Morgan fingerprint density at radius 1 is 1.36 bits per heavy atom. The van der Waals surface area contributed by atoms with Gasteiger partial charge in [-0.3, -0.25) is 0 Å². The second-order valence-electron chi connectivity index (χ2n) is 2.34. The van der Waals surface area contributed by atoms with Gasteiger partial charge in [0, 0.05) is 4.90 Å². The number of hydrogen-bond acceptors (Lipinski definition) is 1. The topological polar surface area (TPSA) is 0 Å². The van der Waals surface area contributed by atoms with Crippen LogP contribution in [0.15, 0.2) is 41.8 Å². The van der Waals surface area contributed by atoms with Crippen LogP contribution in [0.2, 0.25) is 0 Å². The fourth-order valence-corrected chi connectivity index (χ4v) is 1.34. The zero-order valence-electron chi connectivity index (χ0n) is 6.71. The summed E-state index contributed by atoms with van der Waals surface area (Å²) in [6.07, 6.45) is 4.98. The van der Waals surface area contributed by atoms with Crippen molar-refractivity contribution in [2.75, 3.05) is 6.26 Å². The van der Waals surface area contributed by atoms with Gasteiger partial charge < -0.3 is 0 Å². The van der Waals surface area contributed by atoms with E-state index in [2.05, 4.69) is 37.1 Å². The summed E-state index contributed by atoms with van der Waals surface area (Å²) >= 11 is 1.77. The lowest BCUT2D eigenvalue weighted by molar-refractivity contribution is 1.25. The van der Waals surface area contributed by atoms with Gasteiger partial charge in [-0.1, -0.05) is 18.2 Å². The molecule has 0 radical (unpaired) electrons. The van der Waals surface area contributed by atoms with E-state index >= 15 is 0 Å². The van der Waals surface area contributed by atoms with Crippen molar-refractivity contribution in [3.63, 3.8) is 0 Å². The first-order chi connectivity index (χ1) is 5.36. The van der Waals surface area contributed by atoms with Gasteiger partial charge in [-0.25, -0.2) is 0 Å². The number of benzene rings is 1. The molecule has 0 spiro atoms. The molecule has 1 rings (SSSR count).